The van der Waals surface area contributed by atoms with Crippen LogP contribution >= 0.6 is 11.8 Å². The first-order valence-corrected chi connectivity index (χ1v) is 14.6. The fraction of sp³-hybridized carbons (Fsp3) is 0.176. The van der Waals surface area contributed by atoms with Crippen LogP contribution in [0.15, 0.2) is 107 Å². The molecule has 1 aromatic heterocycles. The normalized spacial score (nSPS) is 14.6. The second-order valence-electron chi connectivity index (χ2n) is 9.88. The zero-order valence-corrected chi connectivity index (χ0v) is 24.5. The molecular weight excluding hydrogens is 546 g/mol. The summed E-state index contributed by atoms with van der Waals surface area (Å²) in [5.41, 5.74) is 5.84. The molecule has 4 aromatic carbocycles. The number of fused-ring (bicyclic) bond motifs is 1. The third-order valence-electron chi connectivity index (χ3n) is 7.44. The number of aromatic amines is 1. The van der Waals surface area contributed by atoms with Crippen LogP contribution in [-0.2, 0) is 4.79 Å². The zero-order valence-electron chi connectivity index (χ0n) is 23.7. The van der Waals surface area contributed by atoms with Crippen molar-refractivity contribution in [2.24, 2.45) is 5.10 Å². The first-order valence-electron chi connectivity index (χ1n) is 13.6. The van der Waals surface area contributed by atoms with Crippen molar-refractivity contribution in [3.05, 3.63) is 108 Å². The Hall–Kier alpha value is -4.69. The highest BCUT2D eigenvalue weighted by atomic mass is 32.2. The molecule has 0 saturated heterocycles. The van der Waals surface area contributed by atoms with E-state index in [1.807, 2.05) is 72.8 Å². The van der Waals surface area contributed by atoms with Gasteiger partial charge in [-0.1, -0.05) is 54.6 Å². The molecule has 6 rings (SSSR count). The molecule has 7 nitrogen and oxygen atoms in total. The van der Waals surface area contributed by atoms with Crippen molar-refractivity contribution in [3.63, 3.8) is 0 Å². The van der Waals surface area contributed by atoms with Crippen molar-refractivity contribution < 1.29 is 19.0 Å². The second-order valence-corrected chi connectivity index (χ2v) is 10.9. The summed E-state index contributed by atoms with van der Waals surface area (Å²) in [6.45, 7) is 0. The maximum atomic E-state index is 14.0. The van der Waals surface area contributed by atoms with Gasteiger partial charge in [0.25, 0.3) is 5.91 Å². The van der Waals surface area contributed by atoms with Gasteiger partial charge in [0.15, 0.2) is 11.5 Å². The van der Waals surface area contributed by atoms with Crippen LogP contribution in [0, 0.1) is 0 Å². The van der Waals surface area contributed by atoms with Gasteiger partial charge in [-0.25, -0.2) is 5.01 Å². The lowest BCUT2D eigenvalue weighted by Crippen LogP contribution is -2.28. The number of benzene rings is 4. The number of H-pyrrole nitrogens is 1. The number of rotatable bonds is 9. The number of nitrogens with zero attached hydrogens (tertiary/aromatic N) is 2. The number of hydrogen-bond acceptors (Lipinski definition) is 6. The predicted octanol–water partition coefficient (Wildman–Crippen LogP) is 7.33. The van der Waals surface area contributed by atoms with Crippen LogP contribution in [0.25, 0.3) is 22.2 Å². The van der Waals surface area contributed by atoms with Crippen LogP contribution in [0.3, 0.4) is 0 Å². The molecular formula is C34H31N3O4S. The summed E-state index contributed by atoms with van der Waals surface area (Å²) in [5.74, 6) is 2.17. The number of amides is 1. The van der Waals surface area contributed by atoms with Crippen molar-refractivity contribution in [1.82, 2.24) is 9.99 Å². The highest BCUT2D eigenvalue weighted by molar-refractivity contribution is 8.00. The van der Waals surface area contributed by atoms with E-state index in [0.717, 1.165) is 49.6 Å². The molecule has 212 valence electrons. The van der Waals surface area contributed by atoms with Crippen LogP contribution in [-0.4, -0.2) is 48.7 Å². The van der Waals surface area contributed by atoms with E-state index >= 15 is 0 Å². The molecule has 1 aliphatic rings. The van der Waals surface area contributed by atoms with E-state index in [1.165, 1.54) is 11.8 Å². The Balaban J connectivity index is 1.33. The number of carbonyl (C=O) groups excluding carboxylic acids is 1. The van der Waals surface area contributed by atoms with E-state index in [2.05, 4.69) is 29.2 Å². The number of nitrogens with one attached hydrogen (secondary N) is 1. The predicted molar refractivity (Wildman–Crippen MR) is 168 cm³/mol. The van der Waals surface area contributed by atoms with Gasteiger partial charge >= 0.3 is 0 Å². The molecule has 0 saturated carbocycles. The van der Waals surface area contributed by atoms with Crippen molar-refractivity contribution in [2.45, 2.75) is 17.4 Å². The van der Waals surface area contributed by atoms with Crippen molar-refractivity contribution in [2.75, 3.05) is 27.1 Å². The molecule has 1 aliphatic heterocycles. The number of aromatic nitrogens is 1. The highest BCUT2D eigenvalue weighted by Crippen LogP contribution is 2.40. The largest absolute Gasteiger partial charge is 0.497 e. The van der Waals surface area contributed by atoms with E-state index in [4.69, 9.17) is 19.3 Å². The van der Waals surface area contributed by atoms with Gasteiger partial charge in [-0.15, -0.1) is 11.8 Å². The van der Waals surface area contributed by atoms with E-state index in [1.54, 1.807) is 26.3 Å². The molecule has 42 heavy (non-hydrogen) atoms. The van der Waals surface area contributed by atoms with E-state index in [0.29, 0.717) is 17.9 Å². The Labute approximate surface area is 249 Å². The Morgan fingerprint density at radius 2 is 1.60 bits per heavy atom. The lowest BCUT2D eigenvalue weighted by atomic mass is 9.98. The van der Waals surface area contributed by atoms with E-state index in [-0.39, 0.29) is 17.7 Å². The molecule has 1 amide bonds. The second kappa shape index (κ2) is 12.0. The standard InChI is InChI=1S/C34H31N3O4S/c1-39-25-16-13-22(14-17-25)28-20-29(24-15-18-30(40-2)31(19-24)41-3)37(36-28)32(38)21-42-34-26-11-7-8-12-27(26)35-33(34)23-9-5-4-6-10-23/h4-19,29,35H,20-21H2,1-3H3. The van der Waals surface area contributed by atoms with Gasteiger partial charge in [0, 0.05) is 22.2 Å². The molecule has 0 aliphatic carbocycles. The maximum Gasteiger partial charge on any atom is 0.253 e. The molecule has 1 N–H and O–H groups in total. The molecule has 0 bridgehead atoms. The first kappa shape index (κ1) is 27.5. The summed E-state index contributed by atoms with van der Waals surface area (Å²) < 4.78 is 16.4. The third-order valence-corrected chi connectivity index (χ3v) is 8.55. The van der Waals surface area contributed by atoms with Gasteiger partial charge in [0.2, 0.25) is 0 Å². The first-order chi connectivity index (χ1) is 20.6. The lowest BCUT2D eigenvalue weighted by Gasteiger charge is -2.23. The molecule has 5 aromatic rings. The van der Waals surface area contributed by atoms with Gasteiger partial charge in [-0.05, 0) is 59.2 Å². The monoisotopic (exact) mass is 577 g/mol. The van der Waals surface area contributed by atoms with Gasteiger partial charge < -0.3 is 19.2 Å². The van der Waals surface area contributed by atoms with Crippen LogP contribution in [0.2, 0.25) is 0 Å². The fourth-order valence-corrected chi connectivity index (χ4v) is 6.34. The molecule has 1 unspecified atom stereocenters. The van der Waals surface area contributed by atoms with Crippen LogP contribution in [0.1, 0.15) is 23.6 Å². The molecule has 1 atom stereocenters. The third kappa shape index (κ3) is 5.33. The van der Waals surface area contributed by atoms with E-state index in [9.17, 15) is 4.79 Å². The Morgan fingerprint density at radius 3 is 2.33 bits per heavy atom. The summed E-state index contributed by atoms with van der Waals surface area (Å²) >= 11 is 1.53. The summed E-state index contributed by atoms with van der Waals surface area (Å²) in [5, 5.41) is 7.60. The Bertz CT molecular complexity index is 1750. The summed E-state index contributed by atoms with van der Waals surface area (Å²) in [7, 11) is 4.87. The minimum atomic E-state index is -0.286. The highest BCUT2D eigenvalue weighted by Gasteiger charge is 2.34. The summed E-state index contributed by atoms with van der Waals surface area (Å²) in [4.78, 5) is 18.6. The number of methoxy groups -OCH3 is 3. The number of para-hydroxylation sites is 1. The minimum absolute atomic E-state index is 0.0763. The van der Waals surface area contributed by atoms with Crippen LogP contribution < -0.4 is 14.2 Å². The van der Waals surface area contributed by atoms with Crippen LogP contribution in [0.5, 0.6) is 17.2 Å². The Morgan fingerprint density at radius 1 is 0.857 bits per heavy atom. The van der Waals surface area contributed by atoms with Gasteiger partial charge in [-0.3, -0.25) is 4.79 Å². The number of hydrogen-bond donors (Lipinski definition) is 1. The number of ether oxygens (including phenoxy) is 3. The number of carbonyl (C=O) groups is 1. The molecule has 8 heteroatoms. The quantitative estimate of drug-likeness (QED) is 0.186. The fourth-order valence-electron chi connectivity index (χ4n) is 5.29. The lowest BCUT2D eigenvalue weighted by molar-refractivity contribution is -0.130. The van der Waals surface area contributed by atoms with Crippen molar-refractivity contribution in [3.8, 4) is 28.5 Å². The topological polar surface area (TPSA) is 76.2 Å². The maximum absolute atomic E-state index is 14.0. The Kier molecular flexibility index (Phi) is 7.88. The van der Waals surface area contributed by atoms with Gasteiger partial charge in [0.05, 0.1) is 44.5 Å². The van der Waals surface area contributed by atoms with Crippen molar-refractivity contribution in [1.29, 1.82) is 0 Å². The molecule has 0 fully saturated rings. The minimum Gasteiger partial charge on any atom is -0.497 e. The van der Waals surface area contributed by atoms with Crippen LogP contribution in [0.4, 0.5) is 0 Å². The SMILES string of the molecule is COc1ccc(C2=NN(C(=O)CSc3c(-c4ccccc4)[nH]c4ccccc34)C(c3ccc(OC)c(OC)c3)C2)cc1. The zero-order chi connectivity index (χ0) is 29.1. The average Bonchev–Trinajstić information content (AvgIpc) is 3.66. The van der Waals surface area contributed by atoms with Gasteiger partial charge in [-0.2, -0.15) is 5.10 Å². The summed E-state index contributed by atoms with van der Waals surface area (Å²) in [6, 6.07) is 31.6. The van der Waals surface area contributed by atoms with Gasteiger partial charge in [0.1, 0.15) is 5.75 Å². The van der Waals surface area contributed by atoms with Crippen molar-refractivity contribution >= 4 is 34.3 Å². The number of hydrazone groups is 1. The number of thioether (sulfide) groups is 1. The average molecular weight is 578 g/mol. The molecule has 0 radical (unpaired) electrons. The smallest absolute Gasteiger partial charge is 0.253 e. The summed E-state index contributed by atoms with van der Waals surface area (Å²) in [6.07, 6.45) is 0.570. The molecule has 2 heterocycles. The van der Waals surface area contributed by atoms with E-state index < -0.39 is 0 Å². The molecule has 0 spiro atoms.